The molecule has 2 rings (SSSR count). The van der Waals surface area contributed by atoms with Crippen LogP contribution in [0.3, 0.4) is 0 Å². The van der Waals surface area contributed by atoms with Gasteiger partial charge in [0.1, 0.15) is 5.75 Å². The van der Waals surface area contributed by atoms with E-state index in [4.69, 9.17) is 0 Å². The lowest BCUT2D eigenvalue weighted by Crippen LogP contribution is -2.28. The number of halogens is 3. The van der Waals surface area contributed by atoms with Gasteiger partial charge in [-0.15, -0.1) is 0 Å². The van der Waals surface area contributed by atoms with Gasteiger partial charge in [-0.3, -0.25) is 4.79 Å². The highest BCUT2D eigenvalue weighted by Crippen LogP contribution is 2.35. The molecule has 0 aliphatic heterocycles. The molecule has 1 atom stereocenters. The van der Waals surface area contributed by atoms with Crippen LogP contribution in [0.1, 0.15) is 41.6 Å². The lowest BCUT2D eigenvalue weighted by molar-refractivity contribution is -0.0500. The maximum absolute atomic E-state index is 12.2. The minimum atomic E-state index is -5.69. The molecule has 1 aliphatic rings. The number of rotatable bonds is 2. The van der Waals surface area contributed by atoms with E-state index in [1.54, 1.807) is 0 Å². The van der Waals surface area contributed by atoms with Crippen LogP contribution in [0.25, 0.3) is 0 Å². The van der Waals surface area contributed by atoms with Crippen LogP contribution in [0.4, 0.5) is 13.2 Å². The molecule has 0 aromatic heterocycles. The van der Waals surface area contributed by atoms with Gasteiger partial charge in [0.15, 0.2) is 5.78 Å². The van der Waals surface area contributed by atoms with Gasteiger partial charge in [-0.25, -0.2) is 0 Å². The Balaban J connectivity index is 2.38. The Hall–Kier alpha value is -1.57. The number of alkyl halides is 3. The molecule has 0 N–H and O–H groups in total. The van der Waals surface area contributed by atoms with Crippen molar-refractivity contribution in [3.63, 3.8) is 0 Å². The maximum Gasteiger partial charge on any atom is 0.534 e. The topological polar surface area (TPSA) is 60.4 Å². The lowest BCUT2D eigenvalue weighted by Gasteiger charge is -2.21. The molecule has 8 heteroatoms. The summed E-state index contributed by atoms with van der Waals surface area (Å²) in [7, 11) is -5.69. The first kappa shape index (κ1) is 14.8. The fourth-order valence-electron chi connectivity index (χ4n) is 2.07. The number of hydrogen-bond acceptors (Lipinski definition) is 4. The molecule has 0 spiro atoms. The number of Topliss-reactive ketones (excluding diaryl/α,β-unsaturated/α-hetero) is 1. The monoisotopic (exact) mass is 308 g/mol. The highest BCUT2D eigenvalue weighted by atomic mass is 32.2. The standard InChI is InChI=1S/C12H11F3O4S/c1-7-2-5-11(16)9-4-3-8(6-10(7)9)19-20(17,18)12(13,14)15/h3-4,6-7H,2,5H2,1H3. The van der Waals surface area contributed by atoms with Gasteiger partial charge in [0.05, 0.1) is 0 Å². The molecule has 1 unspecified atom stereocenters. The summed E-state index contributed by atoms with van der Waals surface area (Å²) < 4.78 is 62.6. The first-order valence-electron chi connectivity index (χ1n) is 5.80. The first-order chi connectivity index (χ1) is 9.12. The van der Waals surface area contributed by atoms with Gasteiger partial charge < -0.3 is 4.18 Å². The molecule has 0 heterocycles. The predicted molar refractivity (Wildman–Crippen MR) is 64.0 cm³/mol. The Morgan fingerprint density at radius 1 is 1.30 bits per heavy atom. The number of fused-ring (bicyclic) bond motifs is 1. The van der Waals surface area contributed by atoms with Crippen molar-refractivity contribution in [2.45, 2.75) is 31.2 Å². The average molecular weight is 308 g/mol. The van der Waals surface area contributed by atoms with Crippen molar-refractivity contribution in [1.82, 2.24) is 0 Å². The molecule has 0 saturated carbocycles. The van der Waals surface area contributed by atoms with Crippen molar-refractivity contribution in [3.05, 3.63) is 29.3 Å². The van der Waals surface area contributed by atoms with E-state index in [1.807, 2.05) is 6.92 Å². The van der Waals surface area contributed by atoms with E-state index in [-0.39, 0.29) is 11.7 Å². The first-order valence-corrected chi connectivity index (χ1v) is 7.20. The molecule has 4 nitrogen and oxygen atoms in total. The zero-order chi connectivity index (χ0) is 15.1. The number of ketones is 1. The zero-order valence-electron chi connectivity index (χ0n) is 10.4. The van der Waals surface area contributed by atoms with Crippen molar-refractivity contribution < 1.29 is 30.6 Å². The molecule has 0 bridgehead atoms. The Morgan fingerprint density at radius 2 is 1.95 bits per heavy atom. The van der Waals surface area contributed by atoms with E-state index in [0.717, 1.165) is 6.07 Å². The molecular weight excluding hydrogens is 297 g/mol. The van der Waals surface area contributed by atoms with Crippen molar-refractivity contribution >= 4 is 15.9 Å². The Labute approximate surface area is 113 Å². The van der Waals surface area contributed by atoms with Crippen molar-refractivity contribution in [3.8, 4) is 5.75 Å². The quantitative estimate of drug-likeness (QED) is 0.622. The Morgan fingerprint density at radius 3 is 2.55 bits per heavy atom. The van der Waals surface area contributed by atoms with Crippen LogP contribution >= 0.6 is 0 Å². The summed E-state index contributed by atoms with van der Waals surface area (Å²) in [6.45, 7) is 1.81. The van der Waals surface area contributed by atoms with Crippen LogP contribution < -0.4 is 4.18 Å². The summed E-state index contributed by atoms with van der Waals surface area (Å²) >= 11 is 0. The van der Waals surface area contributed by atoms with Gasteiger partial charge in [-0.1, -0.05) is 6.92 Å². The summed E-state index contributed by atoms with van der Waals surface area (Å²) in [6.07, 6.45) is 0.941. The molecule has 20 heavy (non-hydrogen) atoms. The molecule has 1 aromatic carbocycles. The van der Waals surface area contributed by atoms with E-state index in [2.05, 4.69) is 4.18 Å². The normalized spacial score (nSPS) is 19.6. The third kappa shape index (κ3) is 2.65. The average Bonchev–Trinajstić information content (AvgIpc) is 2.32. The van der Waals surface area contributed by atoms with Crippen molar-refractivity contribution in [1.29, 1.82) is 0 Å². The van der Waals surface area contributed by atoms with Crippen LogP contribution in [-0.4, -0.2) is 19.7 Å². The third-order valence-electron chi connectivity index (χ3n) is 3.15. The SMILES string of the molecule is CC1CCC(=O)c2ccc(OS(=O)(=O)C(F)(F)F)cc21. The number of benzene rings is 1. The summed E-state index contributed by atoms with van der Waals surface area (Å²) in [4.78, 5) is 11.6. The minimum Gasteiger partial charge on any atom is -0.376 e. The fraction of sp³-hybridized carbons (Fsp3) is 0.417. The Bertz CT molecular complexity index is 649. The highest BCUT2D eigenvalue weighted by Gasteiger charge is 2.48. The van der Waals surface area contributed by atoms with Gasteiger partial charge in [0.25, 0.3) is 0 Å². The third-order valence-corrected chi connectivity index (χ3v) is 4.13. The van der Waals surface area contributed by atoms with E-state index >= 15 is 0 Å². The summed E-state index contributed by atoms with van der Waals surface area (Å²) in [5.41, 5.74) is -4.57. The molecule has 1 aromatic rings. The van der Waals surface area contributed by atoms with Crippen LogP contribution in [0.2, 0.25) is 0 Å². The summed E-state index contributed by atoms with van der Waals surface area (Å²) in [5.74, 6) is -0.592. The molecule has 110 valence electrons. The van der Waals surface area contributed by atoms with E-state index < -0.39 is 21.4 Å². The molecule has 0 amide bonds. The van der Waals surface area contributed by atoms with Gasteiger partial charge in [0, 0.05) is 12.0 Å². The molecule has 0 saturated heterocycles. The van der Waals surface area contributed by atoms with Gasteiger partial charge in [-0.2, -0.15) is 21.6 Å². The van der Waals surface area contributed by atoms with Gasteiger partial charge in [0.2, 0.25) is 0 Å². The summed E-state index contributed by atoms with van der Waals surface area (Å²) in [5, 5.41) is 0. The van der Waals surface area contributed by atoms with Crippen LogP contribution in [0.15, 0.2) is 18.2 Å². The Kier molecular flexibility index (Phi) is 3.53. The van der Waals surface area contributed by atoms with Crippen LogP contribution in [-0.2, 0) is 10.1 Å². The van der Waals surface area contributed by atoms with E-state index in [0.29, 0.717) is 24.0 Å². The minimum absolute atomic E-state index is 0.0418. The van der Waals surface area contributed by atoms with E-state index in [1.165, 1.54) is 12.1 Å². The van der Waals surface area contributed by atoms with Gasteiger partial charge >= 0.3 is 15.6 Å². The predicted octanol–water partition coefficient (Wildman–Crippen LogP) is 3.00. The molecular formula is C12H11F3O4S. The maximum atomic E-state index is 12.2. The molecule has 1 aliphatic carbocycles. The second-order valence-electron chi connectivity index (χ2n) is 4.60. The second kappa shape index (κ2) is 4.76. The number of carbonyl (C=O) groups excluding carboxylic acids is 1. The highest BCUT2D eigenvalue weighted by molar-refractivity contribution is 7.88. The number of hydrogen-bond donors (Lipinski definition) is 0. The molecule has 0 fully saturated rings. The van der Waals surface area contributed by atoms with Crippen LogP contribution in [0, 0.1) is 0 Å². The smallest absolute Gasteiger partial charge is 0.376 e. The largest absolute Gasteiger partial charge is 0.534 e. The van der Waals surface area contributed by atoms with Gasteiger partial charge in [-0.05, 0) is 36.1 Å². The lowest BCUT2D eigenvalue weighted by atomic mass is 9.83. The van der Waals surface area contributed by atoms with Crippen molar-refractivity contribution in [2.24, 2.45) is 0 Å². The number of carbonyl (C=O) groups is 1. The van der Waals surface area contributed by atoms with Crippen molar-refractivity contribution in [2.75, 3.05) is 0 Å². The second-order valence-corrected chi connectivity index (χ2v) is 6.13. The fourth-order valence-corrected chi connectivity index (χ4v) is 2.52. The summed E-state index contributed by atoms with van der Waals surface area (Å²) in [6, 6.07) is 3.53. The van der Waals surface area contributed by atoms with Crippen LogP contribution in [0.5, 0.6) is 5.75 Å². The zero-order valence-corrected chi connectivity index (χ0v) is 11.2. The van der Waals surface area contributed by atoms with E-state index in [9.17, 15) is 26.4 Å². The molecule has 0 radical (unpaired) electrons.